The normalized spacial score (nSPS) is 10.9. The van der Waals surface area contributed by atoms with Crippen molar-refractivity contribution in [3.8, 4) is 28.4 Å². The third-order valence-corrected chi connectivity index (χ3v) is 6.61. The Kier molecular flexibility index (Phi) is 8.92. The number of carbonyl (C=O) groups is 2. The van der Waals surface area contributed by atoms with Crippen LogP contribution < -0.4 is 20.2 Å². The molecule has 8 nitrogen and oxygen atoms in total. The molecule has 1 aromatic heterocycles. The number of aryl methyl sites for hydroxylation is 1. The Morgan fingerprint density at radius 1 is 0.884 bits per heavy atom. The van der Waals surface area contributed by atoms with E-state index in [2.05, 4.69) is 44.7 Å². The van der Waals surface area contributed by atoms with Crippen molar-refractivity contribution in [2.75, 3.05) is 19.0 Å². The summed E-state index contributed by atoms with van der Waals surface area (Å²) in [6, 6.07) is 32.1. The first-order chi connectivity index (χ1) is 20.9. The standard InChI is InChI=1S/C34H29FN4O4/c1-23-11-20-30(24-7-4-3-5-8-24)39(23)29-18-12-25(13-19-29)34(41)38-36-21-26-9-6-10-31(42-2)33(26)43-22-32(40)37-28-16-14-27(35)15-17-28/h3-21H,22H2,1-2H3,(H,37,40)(H,38,41)/b36-21+. The molecule has 1 heterocycles. The van der Waals surface area contributed by atoms with E-state index >= 15 is 0 Å². The van der Waals surface area contributed by atoms with Crippen LogP contribution in [0.2, 0.25) is 0 Å². The lowest BCUT2D eigenvalue weighted by molar-refractivity contribution is -0.118. The number of aromatic nitrogens is 1. The van der Waals surface area contributed by atoms with Crippen LogP contribution in [0.4, 0.5) is 10.1 Å². The maximum absolute atomic E-state index is 13.1. The van der Waals surface area contributed by atoms with Crippen LogP contribution in [0.25, 0.3) is 16.9 Å². The molecule has 5 aromatic rings. The van der Waals surface area contributed by atoms with Crippen LogP contribution >= 0.6 is 0 Å². The molecular formula is C34H29FN4O4. The van der Waals surface area contributed by atoms with Gasteiger partial charge in [-0.25, -0.2) is 9.82 Å². The monoisotopic (exact) mass is 576 g/mol. The molecule has 0 aliphatic rings. The summed E-state index contributed by atoms with van der Waals surface area (Å²) in [5.41, 5.74) is 8.06. The Morgan fingerprint density at radius 2 is 1.63 bits per heavy atom. The lowest BCUT2D eigenvalue weighted by Gasteiger charge is -2.13. The van der Waals surface area contributed by atoms with Gasteiger partial charge in [0, 0.05) is 28.2 Å². The predicted molar refractivity (Wildman–Crippen MR) is 165 cm³/mol. The van der Waals surface area contributed by atoms with Gasteiger partial charge >= 0.3 is 0 Å². The van der Waals surface area contributed by atoms with E-state index in [9.17, 15) is 14.0 Å². The molecule has 4 aromatic carbocycles. The van der Waals surface area contributed by atoms with Crippen LogP contribution in [0, 0.1) is 12.7 Å². The maximum atomic E-state index is 13.1. The van der Waals surface area contributed by atoms with Crippen LogP contribution in [0.3, 0.4) is 0 Å². The van der Waals surface area contributed by atoms with Crippen molar-refractivity contribution in [3.05, 3.63) is 132 Å². The fourth-order valence-electron chi connectivity index (χ4n) is 4.52. The molecule has 0 saturated carbocycles. The Morgan fingerprint density at radius 3 is 2.35 bits per heavy atom. The van der Waals surface area contributed by atoms with Gasteiger partial charge in [0.15, 0.2) is 18.1 Å². The Hall–Kier alpha value is -5.70. The van der Waals surface area contributed by atoms with E-state index in [1.807, 2.05) is 37.3 Å². The van der Waals surface area contributed by atoms with Gasteiger partial charge in [0.1, 0.15) is 5.82 Å². The largest absolute Gasteiger partial charge is 0.493 e. The fraction of sp³-hybridized carbons (Fsp3) is 0.0882. The highest BCUT2D eigenvalue weighted by atomic mass is 19.1. The number of halogens is 1. The van der Waals surface area contributed by atoms with Gasteiger partial charge < -0.3 is 19.4 Å². The topological polar surface area (TPSA) is 93.9 Å². The van der Waals surface area contributed by atoms with Crippen molar-refractivity contribution in [3.63, 3.8) is 0 Å². The number of nitrogens with zero attached hydrogens (tertiary/aromatic N) is 2. The minimum Gasteiger partial charge on any atom is -0.493 e. The van der Waals surface area contributed by atoms with Crippen LogP contribution in [0.15, 0.2) is 114 Å². The summed E-state index contributed by atoms with van der Waals surface area (Å²) >= 11 is 0. The smallest absolute Gasteiger partial charge is 0.271 e. The third kappa shape index (κ3) is 6.97. The first kappa shape index (κ1) is 28.8. The van der Waals surface area contributed by atoms with Crippen molar-refractivity contribution >= 4 is 23.7 Å². The zero-order chi connectivity index (χ0) is 30.2. The minimum absolute atomic E-state index is 0.276. The first-order valence-corrected chi connectivity index (χ1v) is 13.5. The molecule has 0 atom stereocenters. The second-order valence-corrected chi connectivity index (χ2v) is 9.53. The highest BCUT2D eigenvalue weighted by molar-refractivity contribution is 5.95. The molecule has 2 amide bonds. The summed E-state index contributed by atoms with van der Waals surface area (Å²) in [5.74, 6) is -0.572. The molecular weight excluding hydrogens is 547 g/mol. The van der Waals surface area contributed by atoms with Gasteiger partial charge in [0.05, 0.1) is 19.0 Å². The van der Waals surface area contributed by atoms with E-state index in [1.54, 1.807) is 30.3 Å². The van der Waals surface area contributed by atoms with Gasteiger partial charge in [0.25, 0.3) is 11.8 Å². The van der Waals surface area contributed by atoms with Crippen molar-refractivity contribution in [2.24, 2.45) is 5.10 Å². The zero-order valence-corrected chi connectivity index (χ0v) is 23.6. The second kappa shape index (κ2) is 13.3. The molecule has 0 aliphatic carbocycles. The number of hydrogen-bond acceptors (Lipinski definition) is 5. The average molecular weight is 577 g/mol. The number of carbonyl (C=O) groups excluding carboxylic acids is 2. The summed E-state index contributed by atoms with van der Waals surface area (Å²) in [4.78, 5) is 25.2. The number of nitrogens with one attached hydrogen (secondary N) is 2. The average Bonchev–Trinajstić information content (AvgIpc) is 3.42. The van der Waals surface area contributed by atoms with E-state index in [0.717, 1.165) is 22.6 Å². The minimum atomic E-state index is -0.442. The van der Waals surface area contributed by atoms with Crippen LogP contribution in [-0.4, -0.2) is 36.3 Å². The molecule has 216 valence electrons. The lowest BCUT2D eigenvalue weighted by Crippen LogP contribution is -2.21. The third-order valence-electron chi connectivity index (χ3n) is 6.61. The van der Waals surface area contributed by atoms with Gasteiger partial charge in [-0.15, -0.1) is 0 Å². The molecule has 0 spiro atoms. The molecule has 0 aliphatic heterocycles. The lowest BCUT2D eigenvalue weighted by atomic mass is 10.1. The number of ether oxygens (including phenoxy) is 2. The molecule has 0 radical (unpaired) electrons. The summed E-state index contributed by atoms with van der Waals surface area (Å²) in [6.45, 7) is 1.71. The summed E-state index contributed by atoms with van der Waals surface area (Å²) in [6.07, 6.45) is 1.41. The highest BCUT2D eigenvalue weighted by Gasteiger charge is 2.14. The number of amides is 2. The van der Waals surface area contributed by atoms with Crippen molar-refractivity contribution in [1.29, 1.82) is 0 Å². The van der Waals surface area contributed by atoms with Crippen molar-refractivity contribution in [1.82, 2.24) is 9.99 Å². The van der Waals surface area contributed by atoms with E-state index in [4.69, 9.17) is 9.47 Å². The second-order valence-electron chi connectivity index (χ2n) is 9.53. The van der Waals surface area contributed by atoms with Crippen molar-refractivity contribution < 1.29 is 23.5 Å². The molecule has 2 N–H and O–H groups in total. The van der Waals surface area contributed by atoms with Gasteiger partial charge in [0.2, 0.25) is 0 Å². The van der Waals surface area contributed by atoms with Gasteiger partial charge in [-0.1, -0.05) is 36.4 Å². The highest BCUT2D eigenvalue weighted by Crippen LogP contribution is 2.30. The molecule has 0 bridgehead atoms. The van der Waals surface area contributed by atoms with E-state index in [-0.39, 0.29) is 18.3 Å². The van der Waals surface area contributed by atoms with E-state index < -0.39 is 11.7 Å². The molecule has 0 saturated heterocycles. The number of benzene rings is 4. The molecule has 9 heteroatoms. The quantitative estimate of drug-likeness (QED) is 0.149. The number of hydrazone groups is 1. The number of para-hydroxylation sites is 1. The molecule has 43 heavy (non-hydrogen) atoms. The Labute approximate surface area is 248 Å². The van der Waals surface area contributed by atoms with Gasteiger partial charge in [-0.05, 0) is 85.3 Å². The zero-order valence-electron chi connectivity index (χ0n) is 23.6. The van der Waals surface area contributed by atoms with E-state index in [1.165, 1.54) is 37.6 Å². The summed E-state index contributed by atoms with van der Waals surface area (Å²) in [5, 5.41) is 6.73. The fourth-order valence-corrected chi connectivity index (χ4v) is 4.52. The SMILES string of the molecule is COc1cccc(/C=N/NC(=O)c2ccc(-n3c(C)ccc3-c3ccccc3)cc2)c1OCC(=O)Nc1ccc(F)cc1. The Bertz CT molecular complexity index is 1750. The van der Waals surface area contributed by atoms with Gasteiger partial charge in [-0.3, -0.25) is 9.59 Å². The summed E-state index contributed by atoms with van der Waals surface area (Å²) < 4.78 is 26.4. The number of hydrogen-bond donors (Lipinski definition) is 2. The predicted octanol–water partition coefficient (Wildman–Crippen LogP) is 6.38. The van der Waals surface area contributed by atoms with Gasteiger partial charge in [-0.2, -0.15) is 5.10 Å². The molecule has 5 rings (SSSR count). The molecule has 0 unspecified atom stereocenters. The van der Waals surface area contributed by atoms with Crippen LogP contribution in [0.5, 0.6) is 11.5 Å². The number of methoxy groups -OCH3 is 1. The number of anilines is 1. The van der Waals surface area contributed by atoms with Crippen LogP contribution in [-0.2, 0) is 4.79 Å². The Balaban J connectivity index is 1.24. The molecule has 0 fully saturated rings. The van der Waals surface area contributed by atoms with E-state index in [0.29, 0.717) is 22.6 Å². The first-order valence-electron chi connectivity index (χ1n) is 13.5. The van der Waals surface area contributed by atoms with Crippen LogP contribution in [0.1, 0.15) is 21.6 Å². The van der Waals surface area contributed by atoms with Crippen molar-refractivity contribution in [2.45, 2.75) is 6.92 Å². The maximum Gasteiger partial charge on any atom is 0.271 e. The number of rotatable bonds is 10. The summed E-state index contributed by atoms with van der Waals surface area (Å²) in [7, 11) is 1.48.